The van der Waals surface area contributed by atoms with E-state index < -0.39 is 0 Å². The lowest BCUT2D eigenvalue weighted by Gasteiger charge is -2.23. The molecule has 1 amide bonds. The Hall–Kier alpha value is -2.49. The predicted molar refractivity (Wildman–Crippen MR) is 88.8 cm³/mol. The average Bonchev–Trinajstić information content (AvgIpc) is 2.51. The molecule has 0 atom stereocenters. The van der Waals surface area contributed by atoms with Gasteiger partial charge in [-0.1, -0.05) is 18.2 Å². The van der Waals surface area contributed by atoms with Crippen molar-refractivity contribution in [2.45, 2.75) is 13.8 Å². The lowest BCUT2D eigenvalue weighted by molar-refractivity contribution is 0.102. The van der Waals surface area contributed by atoms with Gasteiger partial charge in [-0.2, -0.15) is 0 Å². The standard InChI is InChI=1S/C17H21N3O/c1-3-20(4-2)16-11-10-14(12-15(16)18)19-17(21)13-8-6-5-7-9-13/h5-12H,3-4,18H2,1-2H3,(H,19,21). The largest absolute Gasteiger partial charge is 0.397 e. The molecule has 0 aliphatic rings. The second kappa shape index (κ2) is 6.79. The van der Waals surface area contributed by atoms with Crippen molar-refractivity contribution in [2.24, 2.45) is 0 Å². The van der Waals surface area contributed by atoms with E-state index in [4.69, 9.17) is 5.73 Å². The van der Waals surface area contributed by atoms with E-state index in [0.29, 0.717) is 16.9 Å². The second-order valence-electron chi connectivity index (χ2n) is 4.77. The molecule has 0 bridgehead atoms. The number of carbonyl (C=O) groups is 1. The van der Waals surface area contributed by atoms with Gasteiger partial charge in [-0.05, 0) is 44.2 Å². The summed E-state index contributed by atoms with van der Waals surface area (Å²) in [4.78, 5) is 14.3. The van der Waals surface area contributed by atoms with Crippen molar-refractivity contribution in [1.29, 1.82) is 0 Å². The molecule has 4 heteroatoms. The number of anilines is 3. The van der Waals surface area contributed by atoms with Crippen molar-refractivity contribution in [3.05, 3.63) is 54.1 Å². The Morgan fingerprint density at radius 1 is 1.10 bits per heavy atom. The van der Waals surface area contributed by atoms with E-state index in [1.165, 1.54) is 0 Å². The van der Waals surface area contributed by atoms with E-state index in [2.05, 4.69) is 24.1 Å². The fourth-order valence-corrected chi connectivity index (χ4v) is 2.28. The SMILES string of the molecule is CCN(CC)c1ccc(NC(=O)c2ccccc2)cc1N. The molecule has 2 aromatic rings. The number of carbonyl (C=O) groups excluding carboxylic acids is 1. The van der Waals surface area contributed by atoms with Gasteiger partial charge in [-0.15, -0.1) is 0 Å². The minimum Gasteiger partial charge on any atom is -0.397 e. The van der Waals surface area contributed by atoms with Crippen molar-refractivity contribution in [1.82, 2.24) is 0 Å². The summed E-state index contributed by atoms with van der Waals surface area (Å²) < 4.78 is 0. The van der Waals surface area contributed by atoms with Crippen LogP contribution in [-0.4, -0.2) is 19.0 Å². The molecule has 3 N–H and O–H groups in total. The summed E-state index contributed by atoms with van der Waals surface area (Å²) >= 11 is 0. The van der Waals surface area contributed by atoms with Crippen LogP contribution in [0.4, 0.5) is 17.1 Å². The Morgan fingerprint density at radius 2 is 1.76 bits per heavy atom. The summed E-state index contributed by atoms with van der Waals surface area (Å²) in [7, 11) is 0. The number of benzene rings is 2. The zero-order valence-corrected chi connectivity index (χ0v) is 12.5. The molecular formula is C17H21N3O. The number of nitrogens with one attached hydrogen (secondary N) is 1. The van der Waals surface area contributed by atoms with Crippen LogP contribution in [0.3, 0.4) is 0 Å². The number of rotatable bonds is 5. The maximum atomic E-state index is 12.1. The summed E-state index contributed by atoms with van der Waals surface area (Å²) in [5.74, 6) is -0.134. The van der Waals surface area contributed by atoms with Gasteiger partial charge in [-0.3, -0.25) is 4.79 Å². The highest BCUT2D eigenvalue weighted by Crippen LogP contribution is 2.26. The maximum Gasteiger partial charge on any atom is 0.255 e. The van der Waals surface area contributed by atoms with Crippen LogP contribution < -0.4 is 16.0 Å². The number of amides is 1. The van der Waals surface area contributed by atoms with E-state index in [9.17, 15) is 4.79 Å². The summed E-state index contributed by atoms with van der Waals surface area (Å²) in [6, 6.07) is 14.8. The van der Waals surface area contributed by atoms with Crippen LogP contribution in [0.2, 0.25) is 0 Å². The third-order valence-electron chi connectivity index (χ3n) is 3.43. The van der Waals surface area contributed by atoms with E-state index in [1.54, 1.807) is 18.2 Å². The van der Waals surface area contributed by atoms with Gasteiger partial charge in [0.05, 0.1) is 11.4 Å². The smallest absolute Gasteiger partial charge is 0.255 e. The van der Waals surface area contributed by atoms with E-state index in [0.717, 1.165) is 18.8 Å². The quantitative estimate of drug-likeness (QED) is 0.827. The van der Waals surface area contributed by atoms with Crippen LogP contribution in [-0.2, 0) is 0 Å². The molecule has 21 heavy (non-hydrogen) atoms. The highest BCUT2D eigenvalue weighted by Gasteiger charge is 2.09. The van der Waals surface area contributed by atoms with E-state index >= 15 is 0 Å². The molecule has 0 spiro atoms. The van der Waals surface area contributed by atoms with Crippen molar-refractivity contribution >= 4 is 23.0 Å². The molecule has 0 radical (unpaired) electrons. The fraction of sp³-hybridized carbons (Fsp3) is 0.235. The predicted octanol–water partition coefficient (Wildman–Crippen LogP) is 3.37. The minimum absolute atomic E-state index is 0.134. The van der Waals surface area contributed by atoms with Crippen LogP contribution in [0.1, 0.15) is 24.2 Å². The van der Waals surface area contributed by atoms with E-state index in [-0.39, 0.29) is 5.91 Å². The molecule has 2 rings (SSSR count). The molecule has 0 saturated carbocycles. The molecule has 0 aliphatic heterocycles. The molecule has 0 saturated heterocycles. The molecular weight excluding hydrogens is 262 g/mol. The van der Waals surface area contributed by atoms with Gasteiger partial charge >= 0.3 is 0 Å². The Labute approximate surface area is 125 Å². The third kappa shape index (κ3) is 3.54. The molecule has 0 aliphatic carbocycles. The highest BCUT2D eigenvalue weighted by atomic mass is 16.1. The zero-order valence-electron chi connectivity index (χ0n) is 12.5. The van der Waals surface area contributed by atoms with Gasteiger partial charge in [0.2, 0.25) is 0 Å². The molecule has 0 aromatic heterocycles. The van der Waals surface area contributed by atoms with Gasteiger partial charge in [0, 0.05) is 24.3 Å². The maximum absolute atomic E-state index is 12.1. The Morgan fingerprint density at radius 3 is 2.33 bits per heavy atom. The minimum atomic E-state index is -0.134. The average molecular weight is 283 g/mol. The zero-order chi connectivity index (χ0) is 15.2. The second-order valence-corrected chi connectivity index (χ2v) is 4.77. The number of nitrogens with two attached hydrogens (primary N) is 1. The highest BCUT2D eigenvalue weighted by molar-refractivity contribution is 6.04. The number of nitrogen functional groups attached to an aromatic ring is 1. The topological polar surface area (TPSA) is 58.4 Å². The van der Waals surface area contributed by atoms with Gasteiger partial charge in [0.15, 0.2) is 0 Å². The van der Waals surface area contributed by atoms with Crippen LogP contribution >= 0.6 is 0 Å². The Kier molecular flexibility index (Phi) is 4.82. The number of nitrogens with zero attached hydrogens (tertiary/aromatic N) is 1. The molecule has 110 valence electrons. The summed E-state index contributed by atoms with van der Waals surface area (Å²) in [6.07, 6.45) is 0. The van der Waals surface area contributed by atoms with Gasteiger partial charge in [0.1, 0.15) is 0 Å². The number of hydrogen-bond acceptors (Lipinski definition) is 3. The van der Waals surface area contributed by atoms with Crippen molar-refractivity contribution in [3.63, 3.8) is 0 Å². The number of hydrogen-bond donors (Lipinski definition) is 2. The lowest BCUT2D eigenvalue weighted by Crippen LogP contribution is -2.23. The first kappa shape index (κ1) is 14.9. The van der Waals surface area contributed by atoms with Crippen molar-refractivity contribution < 1.29 is 4.79 Å². The Bertz CT molecular complexity index is 607. The van der Waals surface area contributed by atoms with Crippen LogP contribution in [0, 0.1) is 0 Å². The monoisotopic (exact) mass is 283 g/mol. The normalized spacial score (nSPS) is 10.2. The summed E-state index contributed by atoms with van der Waals surface area (Å²) in [6.45, 7) is 5.98. The van der Waals surface area contributed by atoms with Crippen LogP contribution in [0.5, 0.6) is 0 Å². The molecule has 0 unspecified atom stereocenters. The first-order chi connectivity index (χ1) is 10.2. The molecule has 0 fully saturated rings. The van der Waals surface area contributed by atoms with Crippen LogP contribution in [0.25, 0.3) is 0 Å². The first-order valence-corrected chi connectivity index (χ1v) is 7.16. The third-order valence-corrected chi connectivity index (χ3v) is 3.43. The van der Waals surface area contributed by atoms with Crippen LogP contribution in [0.15, 0.2) is 48.5 Å². The van der Waals surface area contributed by atoms with Gasteiger partial charge in [-0.25, -0.2) is 0 Å². The van der Waals surface area contributed by atoms with E-state index in [1.807, 2.05) is 30.3 Å². The van der Waals surface area contributed by atoms with Crippen molar-refractivity contribution in [2.75, 3.05) is 29.0 Å². The Balaban J connectivity index is 2.15. The fourth-order valence-electron chi connectivity index (χ4n) is 2.28. The van der Waals surface area contributed by atoms with Gasteiger partial charge < -0.3 is 16.0 Å². The first-order valence-electron chi connectivity index (χ1n) is 7.16. The molecule has 2 aromatic carbocycles. The summed E-state index contributed by atoms with van der Waals surface area (Å²) in [5, 5.41) is 2.86. The molecule has 4 nitrogen and oxygen atoms in total. The summed E-state index contributed by atoms with van der Waals surface area (Å²) in [5.41, 5.74) is 9.10. The lowest BCUT2D eigenvalue weighted by atomic mass is 10.2. The van der Waals surface area contributed by atoms with Gasteiger partial charge in [0.25, 0.3) is 5.91 Å². The van der Waals surface area contributed by atoms with Crippen molar-refractivity contribution in [3.8, 4) is 0 Å². The molecule has 0 heterocycles.